The van der Waals surface area contributed by atoms with Crippen LogP contribution in [0.2, 0.25) is 0 Å². The summed E-state index contributed by atoms with van der Waals surface area (Å²) in [6.45, 7) is -0.596. The second kappa shape index (κ2) is 6.79. The zero-order valence-corrected chi connectivity index (χ0v) is 14.8. The normalized spacial score (nSPS) is 27.3. The molecule has 0 radical (unpaired) electrons. The number of hydrogen-bond acceptors (Lipinski definition) is 5. The summed E-state index contributed by atoms with van der Waals surface area (Å²) in [5.41, 5.74) is 5.72. The van der Waals surface area contributed by atoms with E-state index in [2.05, 4.69) is 9.98 Å². The molecule has 0 saturated carbocycles. The number of thioether (sulfide) groups is 1. The molecule has 3 heterocycles. The Morgan fingerprint density at radius 1 is 1.22 bits per heavy atom. The number of pyridine rings is 1. The van der Waals surface area contributed by atoms with Gasteiger partial charge in [-0.2, -0.15) is 4.39 Å². The van der Waals surface area contributed by atoms with Gasteiger partial charge in [-0.25, -0.2) is 18.2 Å². The van der Waals surface area contributed by atoms with Crippen molar-refractivity contribution >= 4 is 16.9 Å². The number of nitrogens with zero attached hydrogens (tertiary/aromatic N) is 2. The Bertz CT molecular complexity index is 925. The van der Waals surface area contributed by atoms with Gasteiger partial charge in [0.15, 0.2) is 5.17 Å². The highest BCUT2D eigenvalue weighted by Crippen LogP contribution is 2.53. The minimum Gasteiger partial charge on any atom is -0.379 e. The molecule has 1 aromatic heterocycles. The van der Waals surface area contributed by atoms with E-state index < -0.39 is 41.0 Å². The Balaban J connectivity index is 1.90. The second-order valence-electron chi connectivity index (χ2n) is 6.43. The molecule has 9 heteroatoms. The average molecular weight is 397 g/mol. The summed E-state index contributed by atoms with van der Waals surface area (Å²) in [5.74, 6) is -3.09. The van der Waals surface area contributed by atoms with Crippen molar-refractivity contribution in [3.63, 3.8) is 0 Å². The lowest BCUT2D eigenvalue weighted by Crippen LogP contribution is -2.42. The van der Waals surface area contributed by atoms with Gasteiger partial charge in [0, 0.05) is 41.4 Å². The third-order valence-corrected chi connectivity index (χ3v) is 6.35. The Kier molecular flexibility index (Phi) is 4.59. The number of nitrogens with two attached hydrogens (primary N) is 1. The maximum Gasteiger partial charge on any atom is 0.220 e. The number of hydrogen-bond donors (Lipinski definition) is 1. The van der Waals surface area contributed by atoms with Crippen LogP contribution in [0.3, 0.4) is 0 Å². The first kappa shape index (κ1) is 18.2. The van der Waals surface area contributed by atoms with E-state index in [4.69, 9.17) is 10.5 Å². The minimum absolute atomic E-state index is 0.00927. The first-order chi connectivity index (χ1) is 13.0. The van der Waals surface area contributed by atoms with Gasteiger partial charge in [0.1, 0.15) is 18.3 Å². The van der Waals surface area contributed by atoms with Gasteiger partial charge in [-0.3, -0.25) is 4.99 Å². The molecule has 4 rings (SSSR count). The molecule has 1 fully saturated rings. The van der Waals surface area contributed by atoms with Crippen LogP contribution in [0.4, 0.5) is 17.6 Å². The molecule has 2 aromatic rings. The molecule has 1 aromatic carbocycles. The summed E-state index contributed by atoms with van der Waals surface area (Å²) in [4.78, 5) is 7.65. The predicted molar refractivity (Wildman–Crippen MR) is 94.5 cm³/mol. The van der Waals surface area contributed by atoms with Crippen molar-refractivity contribution in [1.29, 1.82) is 0 Å². The lowest BCUT2D eigenvalue weighted by molar-refractivity contribution is 0.0701. The summed E-state index contributed by atoms with van der Waals surface area (Å²) in [7, 11) is 0. The Hall–Kier alpha value is -2.13. The van der Waals surface area contributed by atoms with E-state index in [0.29, 0.717) is 6.07 Å². The van der Waals surface area contributed by atoms with E-state index in [1.807, 2.05) is 0 Å². The number of benzene rings is 1. The first-order valence-corrected chi connectivity index (χ1v) is 9.05. The molecule has 0 aliphatic carbocycles. The van der Waals surface area contributed by atoms with Crippen LogP contribution in [0.25, 0.3) is 11.1 Å². The molecule has 1 saturated heterocycles. The zero-order chi connectivity index (χ0) is 19.2. The maximum atomic E-state index is 14.8. The number of alkyl halides is 1. The highest BCUT2D eigenvalue weighted by Gasteiger charge is 2.55. The monoisotopic (exact) mass is 397 g/mol. The van der Waals surface area contributed by atoms with Gasteiger partial charge in [-0.1, -0.05) is 11.8 Å². The molecular formula is C18H15F4N3OS. The van der Waals surface area contributed by atoms with Gasteiger partial charge in [0.05, 0.1) is 17.5 Å². The van der Waals surface area contributed by atoms with Crippen LogP contribution in [0, 0.1) is 23.5 Å². The van der Waals surface area contributed by atoms with Gasteiger partial charge >= 0.3 is 0 Å². The summed E-state index contributed by atoms with van der Waals surface area (Å²) < 4.78 is 61.2. The summed E-state index contributed by atoms with van der Waals surface area (Å²) >= 11 is 1.07. The van der Waals surface area contributed by atoms with Crippen molar-refractivity contribution in [3.8, 4) is 11.1 Å². The fourth-order valence-electron chi connectivity index (χ4n) is 3.68. The van der Waals surface area contributed by atoms with Crippen molar-refractivity contribution in [2.75, 3.05) is 19.8 Å². The molecule has 4 nitrogen and oxygen atoms in total. The van der Waals surface area contributed by atoms with Crippen LogP contribution in [0.1, 0.15) is 5.56 Å². The average Bonchev–Trinajstić information content (AvgIpc) is 3.01. The predicted octanol–water partition coefficient (Wildman–Crippen LogP) is 3.41. The largest absolute Gasteiger partial charge is 0.379 e. The van der Waals surface area contributed by atoms with E-state index in [1.54, 1.807) is 0 Å². The second-order valence-corrected chi connectivity index (χ2v) is 7.79. The molecular weight excluding hydrogens is 382 g/mol. The van der Waals surface area contributed by atoms with Crippen LogP contribution >= 0.6 is 11.8 Å². The van der Waals surface area contributed by atoms with Gasteiger partial charge < -0.3 is 10.5 Å². The fraction of sp³-hybridized carbons (Fsp3) is 0.333. The Labute approximate surface area is 156 Å². The quantitative estimate of drug-likeness (QED) is 0.637. The molecule has 0 unspecified atom stereocenters. The number of halogens is 4. The molecule has 2 aliphatic heterocycles. The highest BCUT2D eigenvalue weighted by molar-refractivity contribution is 8.14. The minimum atomic E-state index is -1.06. The van der Waals surface area contributed by atoms with E-state index in [1.165, 1.54) is 24.4 Å². The van der Waals surface area contributed by atoms with Gasteiger partial charge in [0.25, 0.3) is 0 Å². The van der Waals surface area contributed by atoms with E-state index >= 15 is 0 Å². The Morgan fingerprint density at radius 3 is 2.78 bits per heavy atom. The molecule has 0 amide bonds. The smallest absolute Gasteiger partial charge is 0.220 e. The molecule has 2 N–H and O–H groups in total. The number of aliphatic imine (C=N–C) groups is 1. The third kappa shape index (κ3) is 2.89. The molecule has 142 valence electrons. The van der Waals surface area contributed by atoms with Gasteiger partial charge in [-0.05, 0) is 18.2 Å². The molecule has 3 atom stereocenters. The SMILES string of the molecule is NC1=NC[C@H]2[C@@H](CF)OC[C@]2(c2cc(-c3cccnc3F)c(F)cc2F)S1. The van der Waals surface area contributed by atoms with Crippen LogP contribution in [0.5, 0.6) is 0 Å². The topological polar surface area (TPSA) is 60.5 Å². The summed E-state index contributed by atoms with van der Waals surface area (Å²) in [6.07, 6.45) is 0.470. The summed E-state index contributed by atoms with van der Waals surface area (Å²) in [5, 5.41) is 0.215. The molecule has 0 bridgehead atoms. The van der Waals surface area contributed by atoms with Crippen molar-refractivity contribution in [3.05, 3.63) is 53.6 Å². The number of amidine groups is 1. The van der Waals surface area contributed by atoms with Crippen LogP contribution in [0.15, 0.2) is 35.5 Å². The van der Waals surface area contributed by atoms with Crippen molar-refractivity contribution < 1.29 is 22.3 Å². The van der Waals surface area contributed by atoms with Crippen LogP contribution < -0.4 is 5.73 Å². The number of fused-ring (bicyclic) bond motifs is 1. The molecule has 0 spiro atoms. The first-order valence-electron chi connectivity index (χ1n) is 8.23. The van der Waals surface area contributed by atoms with Crippen molar-refractivity contribution in [2.24, 2.45) is 16.6 Å². The standard InChI is InChI=1S/C18H15F4N3OS/c19-6-15-12-7-25-17(23)27-18(12,8-26-15)11-4-10(13(20)5-14(11)21)9-2-1-3-24-16(9)22/h1-5,12,15H,6-8H2,(H2,23,25)/t12-,15+,18+/m0/s1. The summed E-state index contributed by atoms with van der Waals surface area (Å²) in [6, 6.07) is 4.76. The van der Waals surface area contributed by atoms with Gasteiger partial charge in [0.2, 0.25) is 5.95 Å². The zero-order valence-electron chi connectivity index (χ0n) is 14.0. The number of aromatic nitrogens is 1. The Morgan fingerprint density at radius 2 is 2.04 bits per heavy atom. The van der Waals surface area contributed by atoms with E-state index in [-0.39, 0.29) is 35.0 Å². The lowest BCUT2D eigenvalue weighted by atomic mass is 9.83. The number of ether oxygens (including phenoxy) is 1. The number of rotatable bonds is 3. The van der Waals surface area contributed by atoms with Gasteiger partial charge in [-0.15, -0.1) is 0 Å². The fourth-order valence-corrected chi connectivity index (χ4v) is 4.97. The van der Waals surface area contributed by atoms with E-state index in [0.717, 1.165) is 11.8 Å². The molecule has 2 aliphatic rings. The lowest BCUT2D eigenvalue weighted by Gasteiger charge is -2.37. The highest BCUT2D eigenvalue weighted by atomic mass is 32.2. The van der Waals surface area contributed by atoms with Crippen molar-refractivity contribution in [1.82, 2.24) is 4.98 Å². The van der Waals surface area contributed by atoms with Crippen molar-refractivity contribution in [2.45, 2.75) is 10.9 Å². The van der Waals surface area contributed by atoms with E-state index in [9.17, 15) is 17.6 Å². The molecule has 27 heavy (non-hydrogen) atoms. The van der Waals surface area contributed by atoms with Crippen LogP contribution in [-0.4, -0.2) is 36.1 Å². The van der Waals surface area contributed by atoms with Crippen LogP contribution in [-0.2, 0) is 9.48 Å². The third-order valence-electron chi connectivity index (χ3n) is 5.00. The maximum absolute atomic E-state index is 14.8.